The zero-order chi connectivity index (χ0) is 12.7. The van der Waals surface area contributed by atoms with Gasteiger partial charge in [0.1, 0.15) is 0 Å². The van der Waals surface area contributed by atoms with E-state index >= 15 is 0 Å². The zero-order valence-corrected chi connectivity index (χ0v) is 11.4. The Labute approximate surface area is 105 Å². The predicted molar refractivity (Wildman–Crippen MR) is 68.1 cm³/mol. The second-order valence-corrected chi connectivity index (χ2v) is 5.41. The number of nitrogens with one attached hydrogen (secondary N) is 1. The maximum absolute atomic E-state index is 9.68. The Morgan fingerprint density at radius 2 is 2.06 bits per heavy atom. The number of aliphatic hydroxyl groups excluding tert-OH is 1. The van der Waals surface area contributed by atoms with Crippen LogP contribution in [0.25, 0.3) is 0 Å². The van der Waals surface area contributed by atoms with Gasteiger partial charge in [0.15, 0.2) is 0 Å². The van der Waals surface area contributed by atoms with Gasteiger partial charge in [-0.25, -0.2) is 0 Å². The van der Waals surface area contributed by atoms with Gasteiger partial charge in [-0.1, -0.05) is 0 Å². The van der Waals surface area contributed by atoms with Gasteiger partial charge in [-0.15, -0.1) is 0 Å². The fourth-order valence-electron chi connectivity index (χ4n) is 1.88. The van der Waals surface area contributed by atoms with Crippen molar-refractivity contribution in [1.82, 2.24) is 5.32 Å². The molecule has 0 saturated heterocycles. The van der Waals surface area contributed by atoms with E-state index in [-0.39, 0.29) is 6.10 Å². The Balaban J connectivity index is 2.03. The molecule has 4 heteroatoms. The molecule has 0 aromatic carbocycles. The molecule has 17 heavy (non-hydrogen) atoms. The highest BCUT2D eigenvalue weighted by atomic mass is 16.5. The molecular weight excluding hydrogens is 218 g/mol. The summed E-state index contributed by atoms with van der Waals surface area (Å²) >= 11 is 0. The van der Waals surface area contributed by atoms with Crippen LogP contribution in [0.5, 0.6) is 0 Å². The van der Waals surface area contributed by atoms with Gasteiger partial charge in [0, 0.05) is 26.8 Å². The van der Waals surface area contributed by atoms with Crippen molar-refractivity contribution in [2.45, 2.75) is 45.3 Å². The molecule has 1 aliphatic rings. The molecule has 0 aliphatic heterocycles. The van der Waals surface area contributed by atoms with Crippen molar-refractivity contribution in [2.75, 3.05) is 33.4 Å². The lowest BCUT2D eigenvalue weighted by molar-refractivity contribution is 0.00591. The van der Waals surface area contributed by atoms with Crippen molar-refractivity contribution in [3.8, 4) is 0 Å². The van der Waals surface area contributed by atoms with Gasteiger partial charge in [-0.2, -0.15) is 0 Å². The number of hydrogen-bond acceptors (Lipinski definition) is 4. The van der Waals surface area contributed by atoms with E-state index in [1.807, 2.05) is 13.8 Å². The van der Waals surface area contributed by atoms with E-state index in [9.17, 15) is 5.11 Å². The lowest BCUT2D eigenvalue weighted by atomic mass is 10.0. The Morgan fingerprint density at radius 1 is 1.35 bits per heavy atom. The monoisotopic (exact) mass is 245 g/mol. The number of rotatable bonds is 10. The van der Waals surface area contributed by atoms with Crippen molar-refractivity contribution in [3.63, 3.8) is 0 Å². The maximum Gasteiger partial charge on any atom is 0.0897 e. The topological polar surface area (TPSA) is 50.7 Å². The van der Waals surface area contributed by atoms with Crippen LogP contribution in [0.3, 0.4) is 0 Å². The maximum atomic E-state index is 9.68. The minimum Gasteiger partial charge on any atom is -0.389 e. The number of methoxy groups -OCH3 is 1. The predicted octanol–water partition coefficient (Wildman–Crippen LogP) is 1.18. The molecule has 0 aromatic heterocycles. The van der Waals surface area contributed by atoms with E-state index in [1.165, 1.54) is 12.8 Å². The normalized spacial score (nSPS) is 19.6. The lowest BCUT2D eigenvalue weighted by Crippen LogP contribution is -2.35. The molecule has 1 atom stereocenters. The van der Waals surface area contributed by atoms with Crippen molar-refractivity contribution < 1.29 is 14.6 Å². The summed E-state index contributed by atoms with van der Waals surface area (Å²) in [6.07, 6.45) is 3.45. The minimum atomic E-state index is -0.407. The number of ether oxygens (including phenoxy) is 2. The summed E-state index contributed by atoms with van der Waals surface area (Å²) in [4.78, 5) is 0. The van der Waals surface area contributed by atoms with Gasteiger partial charge in [-0.3, -0.25) is 0 Å². The van der Waals surface area contributed by atoms with E-state index in [4.69, 9.17) is 9.47 Å². The Morgan fingerprint density at radius 3 is 2.59 bits per heavy atom. The second-order valence-electron chi connectivity index (χ2n) is 5.41. The first kappa shape index (κ1) is 14.9. The SMILES string of the molecule is COCCC1(CNCC(O)COC(C)C)CC1. The first-order valence-electron chi connectivity index (χ1n) is 6.57. The number of hydrogen-bond donors (Lipinski definition) is 2. The second kappa shape index (κ2) is 7.31. The first-order chi connectivity index (χ1) is 8.08. The van der Waals surface area contributed by atoms with Crippen LogP contribution in [0.4, 0.5) is 0 Å². The fourth-order valence-corrected chi connectivity index (χ4v) is 1.88. The third kappa shape index (κ3) is 6.36. The summed E-state index contributed by atoms with van der Waals surface area (Å²) in [5.74, 6) is 0. The molecule has 1 rings (SSSR count). The van der Waals surface area contributed by atoms with Crippen LogP contribution in [-0.4, -0.2) is 50.7 Å². The van der Waals surface area contributed by atoms with Crippen LogP contribution in [-0.2, 0) is 9.47 Å². The smallest absolute Gasteiger partial charge is 0.0897 e. The third-order valence-corrected chi connectivity index (χ3v) is 3.30. The standard InChI is InChI=1S/C13H27NO3/c1-11(2)17-9-12(15)8-14-10-13(4-5-13)6-7-16-3/h11-12,14-15H,4-10H2,1-3H3. The fraction of sp³-hybridized carbons (Fsp3) is 1.00. The molecule has 0 amide bonds. The van der Waals surface area contributed by atoms with Crippen LogP contribution in [0.2, 0.25) is 0 Å². The third-order valence-electron chi connectivity index (χ3n) is 3.30. The summed E-state index contributed by atoms with van der Waals surface area (Å²) in [5, 5.41) is 13.0. The van der Waals surface area contributed by atoms with Crippen molar-refractivity contribution in [2.24, 2.45) is 5.41 Å². The molecular formula is C13H27NO3. The molecule has 102 valence electrons. The van der Waals surface area contributed by atoms with Crippen molar-refractivity contribution >= 4 is 0 Å². The molecule has 0 spiro atoms. The molecule has 1 saturated carbocycles. The molecule has 2 N–H and O–H groups in total. The van der Waals surface area contributed by atoms with Gasteiger partial charge >= 0.3 is 0 Å². The van der Waals surface area contributed by atoms with Crippen LogP contribution in [0.15, 0.2) is 0 Å². The Hall–Kier alpha value is -0.160. The van der Waals surface area contributed by atoms with Gasteiger partial charge in [0.2, 0.25) is 0 Å². The van der Waals surface area contributed by atoms with Gasteiger partial charge in [-0.05, 0) is 38.5 Å². The Kier molecular flexibility index (Phi) is 6.41. The van der Waals surface area contributed by atoms with E-state index < -0.39 is 6.10 Å². The highest BCUT2D eigenvalue weighted by Crippen LogP contribution is 2.48. The minimum absolute atomic E-state index is 0.182. The van der Waals surface area contributed by atoms with Gasteiger partial charge in [0.05, 0.1) is 18.8 Å². The average molecular weight is 245 g/mol. The quantitative estimate of drug-likeness (QED) is 0.607. The zero-order valence-electron chi connectivity index (χ0n) is 11.4. The molecule has 1 fully saturated rings. The molecule has 0 aromatic rings. The summed E-state index contributed by atoms with van der Waals surface area (Å²) in [6.45, 7) is 6.79. The van der Waals surface area contributed by atoms with Crippen LogP contribution in [0, 0.1) is 5.41 Å². The summed E-state index contributed by atoms with van der Waals surface area (Å²) < 4.78 is 10.5. The average Bonchev–Trinajstić information content (AvgIpc) is 3.04. The lowest BCUT2D eigenvalue weighted by Gasteiger charge is -2.18. The summed E-state index contributed by atoms with van der Waals surface area (Å²) in [7, 11) is 1.75. The van der Waals surface area contributed by atoms with Crippen LogP contribution >= 0.6 is 0 Å². The van der Waals surface area contributed by atoms with Crippen LogP contribution in [0.1, 0.15) is 33.1 Å². The molecule has 1 unspecified atom stereocenters. The molecule has 4 nitrogen and oxygen atoms in total. The highest BCUT2D eigenvalue weighted by molar-refractivity contribution is 4.94. The summed E-state index contributed by atoms with van der Waals surface area (Å²) in [6, 6.07) is 0. The van der Waals surface area contributed by atoms with E-state index in [0.717, 1.165) is 19.6 Å². The Bertz CT molecular complexity index is 205. The molecule has 0 bridgehead atoms. The summed E-state index contributed by atoms with van der Waals surface area (Å²) in [5.41, 5.74) is 0.439. The molecule has 0 heterocycles. The van der Waals surface area contributed by atoms with E-state index in [1.54, 1.807) is 7.11 Å². The van der Waals surface area contributed by atoms with Gasteiger partial charge in [0.25, 0.3) is 0 Å². The molecule has 1 aliphatic carbocycles. The van der Waals surface area contributed by atoms with Crippen molar-refractivity contribution in [1.29, 1.82) is 0 Å². The largest absolute Gasteiger partial charge is 0.389 e. The number of aliphatic hydroxyl groups is 1. The van der Waals surface area contributed by atoms with Crippen LogP contribution < -0.4 is 5.32 Å². The van der Waals surface area contributed by atoms with Gasteiger partial charge < -0.3 is 19.9 Å². The molecule has 0 radical (unpaired) electrons. The van der Waals surface area contributed by atoms with E-state index in [2.05, 4.69) is 5.32 Å². The van der Waals surface area contributed by atoms with Crippen molar-refractivity contribution in [3.05, 3.63) is 0 Å². The highest BCUT2D eigenvalue weighted by Gasteiger charge is 2.41. The van der Waals surface area contributed by atoms with E-state index in [0.29, 0.717) is 18.6 Å². The first-order valence-corrected chi connectivity index (χ1v) is 6.57.